The summed E-state index contributed by atoms with van der Waals surface area (Å²) < 4.78 is 0. The van der Waals surface area contributed by atoms with Crippen LogP contribution < -0.4 is 10.6 Å². The normalized spacial score (nSPS) is 16.4. The van der Waals surface area contributed by atoms with E-state index in [9.17, 15) is 4.79 Å². The van der Waals surface area contributed by atoms with E-state index >= 15 is 0 Å². The van der Waals surface area contributed by atoms with E-state index in [2.05, 4.69) is 10.6 Å². The van der Waals surface area contributed by atoms with Crippen molar-refractivity contribution in [1.82, 2.24) is 5.32 Å². The van der Waals surface area contributed by atoms with E-state index in [0.29, 0.717) is 28.9 Å². The Hall–Kier alpha value is -1.57. The van der Waals surface area contributed by atoms with E-state index in [1.165, 1.54) is 32.1 Å². The summed E-state index contributed by atoms with van der Waals surface area (Å²) in [7, 11) is 0. The topological polar surface area (TPSA) is 64.9 Å². The van der Waals surface area contributed by atoms with Crippen LogP contribution in [0.4, 0.5) is 5.69 Å². The summed E-state index contributed by atoms with van der Waals surface area (Å²) in [5.41, 5.74) is 1.03. The zero-order chi connectivity index (χ0) is 15.8. The number of nitriles is 1. The molecular weight excluding hydrogens is 298 g/mol. The van der Waals surface area contributed by atoms with Crippen LogP contribution in [0.25, 0.3) is 0 Å². The molecule has 1 fully saturated rings. The van der Waals surface area contributed by atoms with Gasteiger partial charge < -0.3 is 10.6 Å². The smallest absolute Gasteiger partial charge is 0.238 e. The molecule has 1 amide bonds. The number of amides is 1. The second-order valence-corrected chi connectivity index (χ2v) is 6.18. The van der Waals surface area contributed by atoms with Crippen LogP contribution in [-0.2, 0) is 4.79 Å². The predicted octanol–water partition coefficient (Wildman–Crippen LogP) is 3.85. The molecule has 0 aromatic heterocycles. The molecule has 0 saturated heterocycles. The minimum absolute atomic E-state index is 0.0807. The van der Waals surface area contributed by atoms with Gasteiger partial charge in [-0.15, -0.1) is 0 Å². The van der Waals surface area contributed by atoms with Crippen molar-refractivity contribution in [1.29, 1.82) is 5.26 Å². The highest BCUT2D eigenvalue weighted by atomic mass is 35.5. The summed E-state index contributed by atoms with van der Waals surface area (Å²) in [4.78, 5) is 12.0. The third-order valence-corrected chi connectivity index (χ3v) is 4.34. The molecule has 2 rings (SSSR count). The van der Waals surface area contributed by atoms with Gasteiger partial charge >= 0.3 is 0 Å². The van der Waals surface area contributed by atoms with E-state index in [0.717, 1.165) is 12.8 Å². The van der Waals surface area contributed by atoms with E-state index in [1.54, 1.807) is 18.2 Å². The second-order valence-electron chi connectivity index (χ2n) is 5.78. The first kappa shape index (κ1) is 16.8. The summed E-state index contributed by atoms with van der Waals surface area (Å²) in [6.45, 7) is 0.308. The predicted molar refractivity (Wildman–Crippen MR) is 88.9 cm³/mol. The zero-order valence-electron chi connectivity index (χ0n) is 12.7. The Morgan fingerprint density at radius 2 is 1.91 bits per heavy atom. The number of carbonyl (C=O) groups is 1. The van der Waals surface area contributed by atoms with E-state index in [-0.39, 0.29) is 5.91 Å². The molecule has 1 aromatic rings. The molecule has 0 spiro atoms. The van der Waals surface area contributed by atoms with Gasteiger partial charge in [-0.25, -0.2) is 0 Å². The Morgan fingerprint density at radius 1 is 1.23 bits per heavy atom. The van der Waals surface area contributed by atoms with Gasteiger partial charge in [0.05, 0.1) is 17.1 Å². The highest BCUT2D eigenvalue weighted by Gasteiger charge is 2.12. The van der Waals surface area contributed by atoms with Crippen molar-refractivity contribution in [3.05, 3.63) is 28.8 Å². The minimum Gasteiger partial charge on any atom is -0.325 e. The number of benzene rings is 1. The van der Waals surface area contributed by atoms with Crippen molar-refractivity contribution in [2.75, 3.05) is 11.9 Å². The van der Waals surface area contributed by atoms with Crippen molar-refractivity contribution in [3.8, 4) is 6.07 Å². The van der Waals surface area contributed by atoms with E-state index in [1.807, 2.05) is 6.07 Å². The SMILES string of the molecule is N#Cc1ccc(NC(=O)CNC2CCCCCCC2)cc1Cl. The Kier molecular flexibility index (Phi) is 6.70. The lowest BCUT2D eigenvalue weighted by atomic mass is 9.97. The summed E-state index contributed by atoms with van der Waals surface area (Å²) in [6.07, 6.45) is 8.72. The maximum absolute atomic E-state index is 12.0. The van der Waals surface area contributed by atoms with Crippen LogP contribution >= 0.6 is 11.6 Å². The maximum atomic E-state index is 12.0. The molecule has 0 radical (unpaired) electrons. The number of hydrogen-bond acceptors (Lipinski definition) is 3. The van der Waals surface area contributed by atoms with Gasteiger partial charge in [0, 0.05) is 11.7 Å². The molecule has 0 heterocycles. The maximum Gasteiger partial charge on any atom is 0.238 e. The molecule has 1 aromatic carbocycles. The van der Waals surface area contributed by atoms with Crippen LogP contribution in [0, 0.1) is 11.3 Å². The fourth-order valence-corrected chi connectivity index (χ4v) is 3.01. The van der Waals surface area contributed by atoms with Gasteiger partial charge in [-0.1, -0.05) is 43.7 Å². The van der Waals surface area contributed by atoms with E-state index < -0.39 is 0 Å². The molecule has 1 saturated carbocycles. The first-order valence-corrected chi connectivity index (χ1v) is 8.29. The fraction of sp³-hybridized carbons (Fsp3) is 0.529. The lowest BCUT2D eigenvalue weighted by Gasteiger charge is -2.20. The van der Waals surface area contributed by atoms with Crippen molar-refractivity contribution in [2.24, 2.45) is 0 Å². The lowest BCUT2D eigenvalue weighted by Crippen LogP contribution is -2.36. The van der Waals surface area contributed by atoms with Crippen molar-refractivity contribution < 1.29 is 4.79 Å². The van der Waals surface area contributed by atoms with Gasteiger partial charge in [0.25, 0.3) is 0 Å². The summed E-state index contributed by atoms with van der Waals surface area (Å²) in [6, 6.07) is 7.35. The van der Waals surface area contributed by atoms with Gasteiger partial charge in [0.1, 0.15) is 6.07 Å². The number of nitrogens with one attached hydrogen (secondary N) is 2. The highest BCUT2D eigenvalue weighted by Crippen LogP contribution is 2.20. The summed E-state index contributed by atoms with van der Waals surface area (Å²) in [5, 5.41) is 15.3. The van der Waals surface area contributed by atoms with Crippen LogP contribution in [0.5, 0.6) is 0 Å². The van der Waals surface area contributed by atoms with Crippen molar-refractivity contribution >= 4 is 23.2 Å². The average Bonchev–Trinajstić information content (AvgIpc) is 2.46. The van der Waals surface area contributed by atoms with Gasteiger partial charge in [0.2, 0.25) is 5.91 Å². The number of hydrogen-bond donors (Lipinski definition) is 2. The molecule has 5 heteroatoms. The minimum atomic E-state index is -0.0807. The quantitative estimate of drug-likeness (QED) is 0.885. The van der Waals surface area contributed by atoms with Crippen LogP contribution in [0.3, 0.4) is 0 Å². The molecule has 0 bridgehead atoms. The first-order valence-electron chi connectivity index (χ1n) is 7.92. The largest absolute Gasteiger partial charge is 0.325 e. The molecular formula is C17H22ClN3O. The third-order valence-electron chi connectivity index (χ3n) is 4.03. The van der Waals surface area contributed by atoms with Crippen molar-refractivity contribution in [3.63, 3.8) is 0 Å². The van der Waals surface area contributed by atoms with Crippen LogP contribution in [0.15, 0.2) is 18.2 Å². The molecule has 1 aliphatic carbocycles. The Morgan fingerprint density at radius 3 is 2.55 bits per heavy atom. The number of rotatable bonds is 4. The van der Waals surface area contributed by atoms with Gasteiger partial charge in [0.15, 0.2) is 0 Å². The molecule has 0 unspecified atom stereocenters. The molecule has 0 aliphatic heterocycles. The number of nitrogens with zero attached hydrogens (tertiary/aromatic N) is 1. The summed E-state index contributed by atoms with van der Waals surface area (Å²) in [5.74, 6) is -0.0807. The molecule has 1 aliphatic rings. The Balaban J connectivity index is 1.80. The van der Waals surface area contributed by atoms with Crippen LogP contribution in [0.2, 0.25) is 5.02 Å². The summed E-state index contributed by atoms with van der Waals surface area (Å²) >= 11 is 5.96. The molecule has 4 nitrogen and oxygen atoms in total. The average molecular weight is 320 g/mol. The third kappa shape index (κ3) is 5.32. The second kappa shape index (κ2) is 8.77. The van der Waals surface area contributed by atoms with Crippen molar-refractivity contribution in [2.45, 2.75) is 51.0 Å². The molecule has 0 atom stereocenters. The molecule has 118 valence electrons. The lowest BCUT2D eigenvalue weighted by molar-refractivity contribution is -0.115. The fourth-order valence-electron chi connectivity index (χ4n) is 2.79. The van der Waals surface area contributed by atoms with Gasteiger partial charge in [-0.2, -0.15) is 5.26 Å². The zero-order valence-corrected chi connectivity index (χ0v) is 13.5. The standard InChI is InChI=1S/C17H22ClN3O/c18-16-10-15(9-8-13(16)11-19)21-17(22)12-20-14-6-4-2-1-3-5-7-14/h8-10,14,20H,1-7,12H2,(H,21,22). The van der Waals surface area contributed by atoms with E-state index in [4.69, 9.17) is 16.9 Å². The van der Waals surface area contributed by atoms with Crippen LogP contribution in [-0.4, -0.2) is 18.5 Å². The monoisotopic (exact) mass is 319 g/mol. The first-order chi connectivity index (χ1) is 10.7. The molecule has 2 N–H and O–H groups in total. The number of carbonyl (C=O) groups excluding carboxylic acids is 1. The van der Waals surface area contributed by atoms with Gasteiger partial charge in [-0.3, -0.25) is 4.79 Å². The molecule has 22 heavy (non-hydrogen) atoms. The number of halogens is 1. The van der Waals surface area contributed by atoms with Crippen LogP contribution in [0.1, 0.15) is 50.5 Å². The van der Waals surface area contributed by atoms with Gasteiger partial charge in [-0.05, 0) is 31.0 Å². The Bertz CT molecular complexity index is 545. The number of anilines is 1. The Labute approximate surface area is 136 Å². The highest BCUT2D eigenvalue weighted by molar-refractivity contribution is 6.32.